The number of amides is 1. The summed E-state index contributed by atoms with van der Waals surface area (Å²) >= 11 is 1.59. The largest absolute Gasteiger partial charge is 0.354 e. The van der Waals surface area contributed by atoms with E-state index >= 15 is 0 Å². The summed E-state index contributed by atoms with van der Waals surface area (Å²) in [7, 11) is 0. The summed E-state index contributed by atoms with van der Waals surface area (Å²) in [5.74, 6) is 0.267. The fraction of sp³-hybridized carbons (Fsp3) is 0.400. The van der Waals surface area contributed by atoms with Gasteiger partial charge in [-0.15, -0.1) is 11.3 Å². The van der Waals surface area contributed by atoms with Crippen LogP contribution in [0.2, 0.25) is 0 Å². The molecule has 0 bridgehead atoms. The molecule has 1 fully saturated rings. The van der Waals surface area contributed by atoms with Crippen LogP contribution in [0.25, 0.3) is 10.6 Å². The molecule has 1 aliphatic carbocycles. The van der Waals surface area contributed by atoms with Gasteiger partial charge in [0.25, 0.3) is 5.56 Å². The van der Waals surface area contributed by atoms with Crippen molar-refractivity contribution in [2.45, 2.75) is 25.8 Å². The van der Waals surface area contributed by atoms with Gasteiger partial charge >= 0.3 is 0 Å². The molecule has 21 heavy (non-hydrogen) atoms. The van der Waals surface area contributed by atoms with Crippen LogP contribution < -0.4 is 10.9 Å². The van der Waals surface area contributed by atoms with E-state index < -0.39 is 0 Å². The van der Waals surface area contributed by atoms with E-state index in [-0.39, 0.29) is 23.4 Å². The molecule has 6 heteroatoms. The van der Waals surface area contributed by atoms with Gasteiger partial charge in [0.05, 0.1) is 10.9 Å². The van der Waals surface area contributed by atoms with Crippen molar-refractivity contribution in [3.8, 4) is 10.6 Å². The monoisotopic (exact) mass is 303 g/mol. The van der Waals surface area contributed by atoms with Gasteiger partial charge in [-0.05, 0) is 37.3 Å². The van der Waals surface area contributed by atoms with Gasteiger partial charge in [0.15, 0.2) is 0 Å². The van der Waals surface area contributed by atoms with Crippen LogP contribution in [-0.2, 0) is 4.79 Å². The van der Waals surface area contributed by atoms with E-state index in [4.69, 9.17) is 0 Å². The summed E-state index contributed by atoms with van der Waals surface area (Å²) in [6.45, 7) is 2.32. The van der Waals surface area contributed by atoms with Crippen LogP contribution in [-0.4, -0.2) is 22.2 Å². The van der Waals surface area contributed by atoms with E-state index in [0.29, 0.717) is 6.54 Å². The number of thiophene rings is 1. The first-order valence-corrected chi connectivity index (χ1v) is 7.94. The maximum Gasteiger partial charge on any atom is 0.267 e. The minimum absolute atomic E-state index is 0.0873. The van der Waals surface area contributed by atoms with Gasteiger partial charge in [0, 0.05) is 18.5 Å². The molecule has 2 aromatic heterocycles. The summed E-state index contributed by atoms with van der Waals surface area (Å²) < 4.78 is 1.45. The Labute approximate surface area is 126 Å². The molecule has 2 heterocycles. The number of hydrogen-bond acceptors (Lipinski definition) is 4. The van der Waals surface area contributed by atoms with Crippen molar-refractivity contribution in [1.82, 2.24) is 15.1 Å². The van der Waals surface area contributed by atoms with Gasteiger partial charge in [0.1, 0.15) is 5.69 Å². The third kappa shape index (κ3) is 3.21. The Morgan fingerprint density at radius 2 is 2.29 bits per heavy atom. The first-order chi connectivity index (χ1) is 10.1. The number of rotatable bonds is 5. The van der Waals surface area contributed by atoms with Crippen molar-refractivity contribution < 1.29 is 4.79 Å². The maximum absolute atomic E-state index is 12.0. The van der Waals surface area contributed by atoms with E-state index in [2.05, 4.69) is 10.4 Å². The van der Waals surface area contributed by atoms with Gasteiger partial charge in [-0.3, -0.25) is 9.59 Å². The Hall–Kier alpha value is -1.95. The predicted molar refractivity (Wildman–Crippen MR) is 82.3 cm³/mol. The van der Waals surface area contributed by atoms with Crippen LogP contribution in [0, 0.1) is 5.92 Å². The normalized spacial score (nSPS) is 15.7. The highest BCUT2D eigenvalue weighted by Crippen LogP contribution is 2.28. The van der Waals surface area contributed by atoms with Crippen molar-refractivity contribution in [1.29, 1.82) is 0 Å². The Morgan fingerprint density at radius 3 is 2.95 bits per heavy atom. The number of carbonyl (C=O) groups excluding carboxylic acids is 1. The highest BCUT2D eigenvalue weighted by molar-refractivity contribution is 7.13. The van der Waals surface area contributed by atoms with E-state index in [1.807, 2.05) is 24.4 Å². The van der Waals surface area contributed by atoms with E-state index in [0.717, 1.165) is 23.4 Å². The number of hydrogen-bond donors (Lipinski definition) is 1. The van der Waals surface area contributed by atoms with Crippen LogP contribution in [0.1, 0.15) is 25.8 Å². The lowest BCUT2D eigenvalue weighted by atomic mass is 10.3. The van der Waals surface area contributed by atoms with E-state index in [9.17, 15) is 9.59 Å². The molecule has 0 saturated heterocycles. The Morgan fingerprint density at radius 1 is 1.48 bits per heavy atom. The maximum atomic E-state index is 12.0. The lowest BCUT2D eigenvalue weighted by molar-refractivity contribution is -0.122. The molecule has 5 nitrogen and oxygen atoms in total. The van der Waals surface area contributed by atoms with Crippen molar-refractivity contribution >= 4 is 17.2 Å². The van der Waals surface area contributed by atoms with Crippen LogP contribution >= 0.6 is 11.3 Å². The lowest BCUT2D eigenvalue weighted by Crippen LogP contribution is -2.35. The molecule has 0 aliphatic heterocycles. The lowest BCUT2D eigenvalue weighted by Gasteiger charge is -2.15. The third-order valence-corrected chi connectivity index (χ3v) is 4.43. The molecule has 1 atom stereocenters. The van der Waals surface area contributed by atoms with Gasteiger partial charge in [-0.1, -0.05) is 6.07 Å². The van der Waals surface area contributed by atoms with Crippen LogP contribution in [0.5, 0.6) is 0 Å². The second-order valence-electron chi connectivity index (χ2n) is 5.35. The fourth-order valence-corrected chi connectivity index (χ4v) is 2.81. The topological polar surface area (TPSA) is 64.0 Å². The quantitative estimate of drug-likeness (QED) is 0.919. The molecule has 1 unspecified atom stereocenters. The summed E-state index contributed by atoms with van der Waals surface area (Å²) in [5.41, 5.74) is 0.633. The fourth-order valence-electron chi connectivity index (χ4n) is 2.12. The molecule has 1 aliphatic rings. The minimum atomic E-state index is -0.167. The summed E-state index contributed by atoms with van der Waals surface area (Å²) in [6.07, 6.45) is 1.96. The van der Waals surface area contributed by atoms with Crippen molar-refractivity contribution in [3.05, 3.63) is 40.0 Å². The molecule has 0 aromatic carbocycles. The molecule has 3 rings (SSSR count). The number of aromatic nitrogens is 2. The van der Waals surface area contributed by atoms with Crippen LogP contribution in [0.15, 0.2) is 34.4 Å². The van der Waals surface area contributed by atoms with Gasteiger partial charge in [-0.2, -0.15) is 5.10 Å². The van der Waals surface area contributed by atoms with Crippen molar-refractivity contribution in [3.63, 3.8) is 0 Å². The smallest absolute Gasteiger partial charge is 0.267 e. The first-order valence-electron chi connectivity index (χ1n) is 7.06. The highest BCUT2D eigenvalue weighted by Gasteiger charge is 2.29. The zero-order chi connectivity index (χ0) is 14.8. The second kappa shape index (κ2) is 5.81. The zero-order valence-electron chi connectivity index (χ0n) is 11.8. The standard InChI is InChI=1S/C15H17N3O2S/c1-10(9-16-15(20)11-4-5-11)18-14(19)7-6-12(17-18)13-3-2-8-21-13/h2-3,6-8,10-11H,4-5,9H2,1H3,(H,16,20). The average Bonchev–Trinajstić information content (AvgIpc) is 3.20. The zero-order valence-corrected chi connectivity index (χ0v) is 12.6. The molecular formula is C15H17N3O2S. The number of carbonyl (C=O) groups is 1. The molecule has 110 valence electrons. The third-order valence-electron chi connectivity index (χ3n) is 3.54. The van der Waals surface area contributed by atoms with E-state index in [1.165, 1.54) is 10.7 Å². The molecular weight excluding hydrogens is 286 g/mol. The molecule has 1 N–H and O–H groups in total. The number of nitrogens with one attached hydrogen (secondary N) is 1. The predicted octanol–water partition coefficient (Wildman–Crippen LogP) is 2.06. The Bertz CT molecular complexity index is 689. The summed E-state index contributed by atoms with van der Waals surface area (Å²) in [4.78, 5) is 24.7. The molecule has 0 radical (unpaired) electrons. The SMILES string of the molecule is CC(CNC(=O)C1CC1)n1nc(-c2cccs2)ccc1=O. The van der Waals surface area contributed by atoms with Gasteiger partial charge < -0.3 is 5.32 Å². The molecule has 1 amide bonds. The molecule has 0 spiro atoms. The Kier molecular flexibility index (Phi) is 3.88. The van der Waals surface area contributed by atoms with Crippen molar-refractivity contribution in [2.75, 3.05) is 6.54 Å². The highest BCUT2D eigenvalue weighted by atomic mass is 32.1. The van der Waals surface area contributed by atoms with Gasteiger partial charge in [0.2, 0.25) is 5.91 Å². The summed E-state index contributed by atoms with van der Waals surface area (Å²) in [5, 5.41) is 9.28. The summed E-state index contributed by atoms with van der Waals surface area (Å²) in [6, 6.07) is 7.03. The molecule has 1 saturated carbocycles. The van der Waals surface area contributed by atoms with Crippen LogP contribution in [0.4, 0.5) is 0 Å². The van der Waals surface area contributed by atoms with Gasteiger partial charge in [-0.25, -0.2) is 4.68 Å². The second-order valence-corrected chi connectivity index (χ2v) is 6.29. The molecule has 2 aromatic rings. The van der Waals surface area contributed by atoms with Crippen LogP contribution in [0.3, 0.4) is 0 Å². The minimum Gasteiger partial charge on any atom is -0.354 e. The number of nitrogens with zero attached hydrogens (tertiary/aromatic N) is 2. The first kappa shape index (κ1) is 14.0. The van der Waals surface area contributed by atoms with Crippen molar-refractivity contribution in [2.24, 2.45) is 5.92 Å². The van der Waals surface area contributed by atoms with E-state index in [1.54, 1.807) is 17.4 Å². The Balaban J connectivity index is 1.75. The average molecular weight is 303 g/mol.